The average molecular weight is 287 g/mol. The van der Waals surface area contributed by atoms with Crippen molar-refractivity contribution in [1.29, 1.82) is 0 Å². The Balaban J connectivity index is 2.24. The van der Waals surface area contributed by atoms with E-state index in [0.717, 1.165) is 23.1 Å². The molecule has 2 heteroatoms. The molecule has 0 fully saturated rings. The predicted molar refractivity (Wildman–Crippen MR) is 71.7 cm³/mol. The van der Waals surface area contributed by atoms with E-state index < -0.39 is 0 Å². The molecular formula is C15H11BrO. The number of carbonyl (C=O) groups excluding carboxylic acids is 1. The summed E-state index contributed by atoms with van der Waals surface area (Å²) in [5.41, 5.74) is 4.28. The molecule has 1 unspecified atom stereocenters. The van der Waals surface area contributed by atoms with Crippen LogP contribution in [0, 0.1) is 0 Å². The van der Waals surface area contributed by atoms with Gasteiger partial charge in [0.05, 0.1) is 0 Å². The van der Waals surface area contributed by atoms with Crippen LogP contribution in [-0.2, 0) is 6.42 Å². The molecule has 0 heterocycles. The van der Waals surface area contributed by atoms with Crippen molar-refractivity contribution < 1.29 is 4.79 Å². The fraction of sp³-hybridized carbons (Fsp3) is 0.133. The second-order valence-electron chi connectivity index (χ2n) is 4.26. The number of carbonyl (C=O) groups is 1. The van der Waals surface area contributed by atoms with Crippen LogP contribution >= 0.6 is 15.9 Å². The summed E-state index contributed by atoms with van der Waals surface area (Å²) in [5, 5.41) is 0. The van der Waals surface area contributed by atoms with Gasteiger partial charge in [-0.3, -0.25) is 4.79 Å². The Labute approximate surface area is 109 Å². The summed E-state index contributed by atoms with van der Waals surface area (Å²) in [7, 11) is 0. The van der Waals surface area contributed by atoms with E-state index in [1.807, 2.05) is 42.5 Å². The molecular weight excluding hydrogens is 276 g/mol. The molecule has 84 valence electrons. The van der Waals surface area contributed by atoms with Gasteiger partial charge < -0.3 is 0 Å². The zero-order chi connectivity index (χ0) is 11.8. The lowest BCUT2D eigenvalue weighted by Gasteiger charge is -2.09. The minimum absolute atomic E-state index is 0.158. The fourth-order valence-electron chi connectivity index (χ4n) is 2.34. The first-order chi connectivity index (χ1) is 8.27. The zero-order valence-electron chi connectivity index (χ0n) is 9.19. The van der Waals surface area contributed by atoms with Crippen LogP contribution in [-0.4, -0.2) is 5.78 Å². The number of hydrogen-bond donors (Lipinski definition) is 0. The van der Waals surface area contributed by atoms with Crippen molar-refractivity contribution in [1.82, 2.24) is 0 Å². The van der Waals surface area contributed by atoms with Gasteiger partial charge in [-0.25, -0.2) is 0 Å². The fourth-order valence-corrected chi connectivity index (χ4v) is 3.03. The third kappa shape index (κ3) is 1.73. The van der Waals surface area contributed by atoms with Gasteiger partial charge in [-0.15, -0.1) is 0 Å². The van der Waals surface area contributed by atoms with Crippen LogP contribution in [0.3, 0.4) is 0 Å². The van der Waals surface area contributed by atoms with Gasteiger partial charge in [0.1, 0.15) is 4.83 Å². The molecule has 1 atom stereocenters. The first-order valence-corrected chi connectivity index (χ1v) is 6.53. The van der Waals surface area contributed by atoms with Crippen molar-refractivity contribution in [3.8, 4) is 0 Å². The van der Waals surface area contributed by atoms with Crippen LogP contribution in [0.15, 0.2) is 48.5 Å². The van der Waals surface area contributed by atoms with E-state index in [-0.39, 0.29) is 10.6 Å². The van der Waals surface area contributed by atoms with Gasteiger partial charge in [-0.1, -0.05) is 64.5 Å². The Kier molecular flexibility index (Phi) is 2.60. The maximum Gasteiger partial charge on any atom is 0.181 e. The van der Waals surface area contributed by atoms with Crippen LogP contribution in [0.25, 0.3) is 0 Å². The van der Waals surface area contributed by atoms with Gasteiger partial charge in [-0.05, 0) is 23.1 Å². The lowest BCUT2D eigenvalue weighted by molar-refractivity contribution is 0.0991. The number of benzene rings is 2. The van der Waals surface area contributed by atoms with Crippen LogP contribution in [0.5, 0.6) is 0 Å². The zero-order valence-corrected chi connectivity index (χ0v) is 10.8. The lowest BCUT2D eigenvalue weighted by atomic mass is 10.0. The second-order valence-corrected chi connectivity index (χ2v) is 5.18. The highest BCUT2D eigenvalue weighted by Crippen LogP contribution is 2.35. The Morgan fingerprint density at radius 1 is 0.941 bits per heavy atom. The van der Waals surface area contributed by atoms with Crippen LogP contribution in [0.2, 0.25) is 0 Å². The Morgan fingerprint density at radius 2 is 1.59 bits per heavy atom. The normalized spacial score (nSPS) is 18.2. The highest BCUT2D eigenvalue weighted by Gasteiger charge is 2.26. The van der Waals surface area contributed by atoms with Crippen molar-refractivity contribution in [2.75, 3.05) is 0 Å². The summed E-state index contributed by atoms with van der Waals surface area (Å²) in [4.78, 5) is 12.1. The molecule has 0 radical (unpaired) electrons. The monoisotopic (exact) mass is 286 g/mol. The molecule has 0 aliphatic heterocycles. The Bertz CT molecular complexity index is 589. The smallest absolute Gasteiger partial charge is 0.181 e. The van der Waals surface area contributed by atoms with E-state index in [0.29, 0.717) is 0 Å². The molecule has 0 aromatic heterocycles. The van der Waals surface area contributed by atoms with Crippen LogP contribution < -0.4 is 0 Å². The molecule has 1 nitrogen and oxygen atoms in total. The van der Waals surface area contributed by atoms with Crippen LogP contribution in [0.1, 0.15) is 31.9 Å². The van der Waals surface area contributed by atoms with Crippen molar-refractivity contribution in [3.63, 3.8) is 0 Å². The second kappa shape index (κ2) is 4.11. The van der Waals surface area contributed by atoms with Gasteiger partial charge in [0.15, 0.2) is 5.78 Å². The molecule has 17 heavy (non-hydrogen) atoms. The van der Waals surface area contributed by atoms with Crippen molar-refractivity contribution in [2.45, 2.75) is 11.2 Å². The molecule has 0 spiro atoms. The number of alkyl halides is 1. The third-order valence-electron chi connectivity index (χ3n) is 3.22. The highest BCUT2D eigenvalue weighted by molar-refractivity contribution is 9.09. The summed E-state index contributed by atoms with van der Waals surface area (Å²) in [6.45, 7) is 0. The van der Waals surface area contributed by atoms with E-state index in [4.69, 9.17) is 0 Å². The van der Waals surface area contributed by atoms with Crippen molar-refractivity contribution in [3.05, 3.63) is 70.8 Å². The molecule has 0 N–H and O–H groups in total. The van der Waals surface area contributed by atoms with E-state index in [2.05, 4.69) is 22.0 Å². The standard InChI is InChI=1S/C15H11BrO/c16-14-12-7-3-1-5-10(12)9-11-6-2-4-8-13(11)15(14)17/h1-8,14H,9H2. The molecule has 2 aromatic carbocycles. The molecule has 0 saturated carbocycles. The number of ketones is 1. The summed E-state index contributed by atoms with van der Waals surface area (Å²) in [6.07, 6.45) is 0.834. The largest absolute Gasteiger partial charge is 0.293 e. The minimum atomic E-state index is -0.220. The number of halogens is 1. The predicted octanol–water partition coefficient (Wildman–Crippen LogP) is 3.91. The first-order valence-electron chi connectivity index (χ1n) is 5.61. The highest BCUT2D eigenvalue weighted by atomic mass is 79.9. The van der Waals surface area contributed by atoms with Gasteiger partial charge in [0.2, 0.25) is 0 Å². The molecule has 0 bridgehead atoms. The number of hydrogen-bond acceptors (Lipinski definition) is 1. The summed E-state index contributed by atoms with van der Waals surface area (Å²) in [6, 6.07) is 16.0. The van der Waals surface area contributed by atoms with Gasteiger partial charge >= 0.3 is 0 Å². The topological polar surface area (TPSA) is 17.1 Å². The average Bonchev–Trinajstić information content (AvgIpc) is 2.48. The summed E-state index contributed by atoms with van der Waals surface area (Å²) in [5.74, 6) is 0.158. The number of fused-ring (bicyclic) bond motifs is 2. The quantitative estimate of drug-likeness (QED) is 0.671. The molecule has 1 aliphatic rings. The SMILES string of the molecule is O=C1c2ccccc2Cc2ccccc2C1Br. The Hall–Kier alpha value is -1.41. The van der Waals surface area contributed by atoms with Crippen molar-refractivity contribution >= 4 is 21.7 Å². The van der Waals surface area contributed by atoms with E-state index in [1.165, 1.54) is 5.56 Å². The number of Topliss-reactive ketones (excluding diaryl/α,β-unsaturated/α-hetero) is 1. The molecule has 3 rings (SSSR count). The van der Waals surface area contributed by atoms with Gasteiger partial charge in [0.25, 0.3) is 0 Å². The summed E-state index contributed by atoms with van der Waals surface area (Å²) < 4.78 is 0. The third-order valence-corrected chi connectivity index (χ3v) is 4.13. The van der Waals surface area contributed by atoms with E-state index in [1.54, 1.807) is 0 Å². The van der Waals surface area contributed by atoms with Crippen molar-refractivity contribution in [2.24, 2.45) is 0 Å². The van der Waals surface area contributed by atoms with Gasteiger partial charge in [0, 0.05) is 5.56 Å². The van der Waals surface area contributed by atoms with E-state index in [9.17, 15) is 4.79 Å². The number of rotatable bonds is 0. The minimum Gasteiger partial charge on any atom is -0.293 e. The Morgan fingerprint density at radius 3 is 2.41 bits per heavy atom. The maximum atomic E-state index is 12.4. The molecule has 0 amide bonds. The van der Waals surface area contributed by atoms with E-state index >= 15 is 0 Å². The molecule has 2 aromatic rings. The van der Waals surface area contributed by atoms with Gasteiger partial charge in [-0.2, -0.15) is 0 Å². The van der Waals surface area contributed by atoms with Crippen LogP contribution in [0.4, 0.5) is 0 Å². The maximum absolute atomic E-state index is 12.4. The molecule has 0 saturated heterocycles. The first kappa shape index (κ1) is 10.7. The molecule has 1 aliphatic carbocycles. The lowest BCUT2D eigenvalue weighted by Crippen LogP contribution is -2.06. The summed E-state index contributed by atoms with van der Waals surface area (Å²) >= 11 is 3.52.